The number of unbranched alkanes of at least 4 members (excludes halogenated alkanes) is 1. The first-order valence-corrected chi connectivity index (χ1v) is 11.4. The first-order chi connectivity index (χ1) is 15.3. The van der Waals surface area contributed by atoms with Crippen LogP contribution < -0.4 is 9.47 Å². The Labute approximate surface area is 184 Å². The van der Waals surface area contributed by atoms with Gasteiger partial charge in [-0.1, -0.05) is 49.7 Å². The van der Waals surface area contributed by atoms with Gasteiger partial charge in [0, 0.05) is 18.9 Å². The second-order valence-electron chi connectivity index (χ2n) is 8.76. The highest BCUT2D eigenvalue weighted by Crippen LogP contribution is 2.52. The topological polar surface area (TPSA) is 39.5 Å². The molecular weight excluding hydrogens is 386 g/mol. The molecule has 1 saturated carbocycles. The molecule has 1 aromatic heterocycles. The third-order valence-electron chi connectivity index (χ3n) is 6.68. The van der Waals surface area contributed by atoms with E-state index in [1.165, 1.54) is 36.8 Å². The van der Waals surface area contributed by atoms with Crippen molar-refractivity contribution in [1.29, 1.82) is 0 Å². The van der Waals surface area contributed by atoms with Crippen molar-refractivity contribution in [3.8, 4) is 11.5 Å². The summed E-state index contributed by atoms with van der Waals surface area (Å²) in [6.45, 7) is 4.49. The molecule has 0 N–H and O–H groups in total. The molecule has 3 aromatic rings. The van der Waals surface area contributed by atoms with Gasteiger partial charge in [-0.2, -0.15) is 0 Å². The highest BCUT2D eigenvalue weighted by atomic mass is 16.7. The average molecular weight is 418 g/mol. The Morgan fingerprint density at radius 1 is 1.10 bits per heavy atom. The van der Waals surface area contributed by atoms with Crippen LogP contribution in [0.5, 0.6) is 11.5 Å². The summed E-state index contributed by atoms with van der Waals surface area (Å²) >= 11 is 0. The van der Waals surface area contributed by atoms with Crippen molar-refractivity contribution in [1.82, 2.24) is 14.5 Å². The van der Waals surface area contributed by atoms with E-state index >= 15 is 0 Å². The molecule has 162 valence electrons. The zero-order valence-corrected chi connectivity index (χ0v) is 18.2. The number of nitrogens with zero attached hydrogens (tertiary/aromatic N) is 3. The van der Waals surface area contributed by atoms with Gasteiger partial charge in [-0.15, -0.1) is 0 Å². The van der Waals surface area contributed by atoms with Gasteiger partial charge in [0.2, 0.25) is 6.79 Å². The van der Waals surface area contributed by atoms with Crippen LogP contribution in [0.2, 0.25) is 0 Å². The summed E-state index contributed by atoms with van der Waals surface area (Å²) in [4.78, 5) is 7.00. The molecule has 0 radical (unpaired) electrons. The molecule has 0 amide bonds. The van der Waals surface area contributed by atoms with Gasteiger partial charge in [-0.25, -0.2) is 4.98 Å². The average Bonchev–Trinajstić information content (AvgIpc) is 3.33. The van der Waals surface area contributed by atoms with Crippen LogP contribution in [-0.2, 0) is 18.6 Å². The Morgan fingerprint density at radius 3 is 2.68 bits per heavy atom. The highest BCUT2D eigenvalue weighted by Gasteiger charge is 2.50. The Bertz CT molecular complexity index is 985. The van der Waals surface area contributed by atoms with Crippen molar-refractivity contribution in [2.45, 2.75) is 51.2 Å². The van der Waals surface area contributed by atoms with Crippen LogP contribution in [0, 0.1) is 5.92 Å². The maximum Gasteiger partial charge on any atom is 0.231 e. The lowest BCUT2D eigenvalue weighted by atomic mass is 9.77. The number of hydrogen-bond donors (Lipinski definition) is 0. The van der Waals surface area contributed by atoms with E-state index in [1.54, 1.807) is 0 Å². The maximum atomic E-state index is 5.70. The van der Waals surface area contributed by atoms with Gasteiger partial charge in [-0.05, 0) is 54.9 Å². The van der Waals surface area contributed by atoms with E-state index in [0.29, 0.717) is 12.7 Å². The number of hydrogen-bond acceptors (Lipinski definition) is 4. The van der Waals surface area contributed by atoms with Crippen LogP contribution in [0.1, 0.15) is 43.7 Å². The SMILES string of the molecule is CCCCN(Cn1ccnc1)C(Cc1ccc2c(c1)OCO2)(c1ccccc1)C1CC1. The summed E-state index contributed by atoms with van der Waals surface area (Å²) in [5.41, 5.74) is 2.65. The Morgan fingerprint density at radius 2 is 1.94 bits per heavy atom. The number of aromatic nitrogens is 2. The molecule has 1 fully saturated rings. The molecule has 5 heteroatoms. The number of fused-ring (bicyclic) bond motifs is 1. The largest absolute Gasteiger partial charge is 0.454 e. The van der Waals surface area contributed by atoms with Gasteiger partial charge in [0.15, 0.2) is 11.5 Å². The standard InChI is InChI=1S/C26H31N3O2/c1-2-3-14-29(19-28-15-13-27-18-28)26(23-10-11-23,22-7-5-4-6-8-22)17-21-9-12-24-25(16-21)31-20-30-24/h4-9,12-13,15-16,18,23H,2-3,10-11,14,17,19-20H2,1H3. The molecule has 5 rings (SSSR count). The third-order valence-corrected chi connectivity index (χ3v) is 6.68. The van der Waals surface area contributed by atoms with Gasteiger partial charge in [0.05, 0.1) is 18.5 Å². The third kappa shape index (κ3) is 4.07. The molecule has 1 atom stereocenters. The van der Waals surface area contributed by atoms with Crippen LogP contribution in [0.15, 0.2) is 67.3 Å². The summed E-state index contributed by atoms with van der Waals surface area (Å²) in [5, 5.41) is 0. The van der Waals surface area contributed by atoms with E-state index < -0.39 is 0 Å². The van der Waals surface area contributed by atoms with Crippen molar-refractivity contribution in [3.05, 3.63) is 78.4 Å². The van der Waals surface area contributed by atoms with Gasteiger partial charge in [0.1, 0.15) is 0 Å². The summed E-state index contributed by atoms with van der Waals surface area (Å²) in [6, 6.07) is 17.6. The molecule has 5 nitrogen and oxygen atoms in total. The normalized spacial score (nSPS) is 17.1. The van der Waals surface area contributed by atoms with Crippen molar-refractivity contribution < 1.29 is 9.47 Å². The number of rotatable bonds is 10. The van der Waals surface area contributed by atoms with E-state index in [4.69, 9.17) is 9.47 Å². The molecule has 1 aliphatic carbocycles. The van der Waals surface area contributed by atoms with Crippen molar-refractivity contribution in [3.63, 3.8) is 0 Å². The fourth-order valence-corrected chi connectivity index (χ4v) is 5.00. The monoisotopic (exact) mass is 417 g/mol. The highest BCUT2D eigenvalue weighted by molar-refractivity contribution is 5.45. The molecular formula is C26H31N3O2. The van der Waals surface area contributed by atoms with Crippen LogP contribution >= 0.6 is 0 Å². The number of benzene rings is 2. The van der Waals surface area contributed by atoms with Gasteiger partial charge in [0.25, 0.3) is 0 Å². The van der Waals surface area contributed by atoms with Crippen molar-refractivity contribution in [2.75, 3.05) is 13.3 Å². The van der Waals surface area contributed by atoms with E-state index in [-0.39, 0.29) is 5.54 Å². The minimum atomic E-state index is -0.0611. The fourth-order valence-electron chi connectivity index (χ4n) is 5.00. The minimum Gasteiger partial charge on any atom is -0.454 e. The van der Waals surface area contributed by atoms with Crippen LogP contribution in [0.25, 0.3) is 0 Å². The summed E-state index contributed by atoms with van der Waals surface area (Å²) in [5.74, 6) is 2.35. The van der Waals surface area contributed by atoms with Crippen LogP contribution in [0.3, 0.4) is 0 Å². The Kier molecular flexibility index (Phi) is 5.68. The second-order valence-corrected chi connectivity index (χ2v) is 8.76. The Hall–Kier alpha value is -2.79. The number of imidazole rings is 1. The maximum absolute atomic E-state index is 5.70. The van der Waals surface area contributed by atoms with Crippen molar-refractivity contribution >= 4 is 0 Å². The molecule has 0 spiro atoms. The molecule has 1 aliphatic heterocycles. The van der Waals surface area contributed by atoms with Gasteiger partial charge < -0.3 is 14.0 Å². The lowest BCUT2D eigenvalue weighted by Gasteiger charge is -2.46. The smallest absolute Gasteiger partial charge is 0.231 e. The Balaban J connectivity index is 1.58. The first kappa shape index (κ1) is 20.1. The van der Waals surface area contributed by atoms with E-state index in [0.717, 1.165) is 31.1 Å². The van der Waals surface area contributed by atoms with Gasteiger partial charge in [-0.3, -0.25) is 4.90 Å². The van der Waals surface area contributed by atoms with E-state index in [1.807, 2.05) is 12.5 Å². The molecule has 0 bridgehead atoms. The van der Waals surface area contributed by atoms with Crippen molar-refractivity contribution in [2.24, 2.45) is 5.92 Å². The molecule has 2 aliphatic rings. The fraction of sp³-hybridized carbons (Fsp3) is 0.423. The van der Waals surface area contributed by atoms with E-state index in [9.17, 15) is 0 Å². The minimum absolute atomic E-state index is 0.0611. The second kappa shape index (κ2) is 8.75. The lowest BCUT2D eigenvalue weighted by molar-refractivity contribution is 0.0297. The molecule has 0 saturated heterocycles. The quantitative estimate of drug-likeness (QED) is 0.453. The molecule has 1 unspecified atom stereocenters. The lowest BCUT2D eigenvalue weighted by Crippen LogP contribution is -2.50. The summed E-state index contributed by atoms with van der Waals surface area (Å²) < 4.78 is 13.5. The molecule has 2 aromatic carbocycles. The molecule has 31 heavy (non-hydrogen) atoms. The van der Waals surface area contributed by atoms with Crippen LogP contribution in [0.4, 0.5) is 0 Å². The van der Waals surface area contributed by atoms with Gasteiger partial charge >= 0.3 is 0 Å². The summed E-state index contributed by atoms with van der Waals surface area (Å²) in [6.07, 6.45) is 11.7. The molecule has 2 heterocycles. The number of ether oxygens (including phenoxy) is 2. The zero-order chi connectivity index (χ0) is 21.1. The van der Waals surface area contributed by atoms with Crippen LogP contribution in [-0.4, -0.2) is 27.8 Å². The van der Waals surface area contributed by atoms with E-state index in [2.05, 4.69) is 76.1 Å². The zero-order valence-electron chi connectivity index (χ0n) is 18.2. The predicted octanol–water partition coefficient (Wildman–Crippen LogP) is 5.22. The summed E-state index contributed by atoms with van der Waals surface area (Å²) in [7, 11) is 0. The predicted molar refractivity (Wildman–Crippen MR) is 121 cm³/mol. The first-order valence-electron chi connectivity index (χ1n) is 11.4.